The van der Waals surface area contributed by atoms with Crippen LogP contribution in [0, 0.1) is 13.8 Å². The highest BCUT2D eigenvalue weighted by molar-refractivity contribution is 7.26. The Morgan fingerprint density at radius 2 is 1.48 bits per heavy atom. The van der Waals surface area contributed by atoms with Crippen LogP contribution in [0.15, 0.2) is 79.0 Å². The first-order valence-corrected chi connectivity index (χ1v) is 9.97. The van der Waals surface area contributed by atoms with Crippen LogP contribution in [-0.4, -0.2) is 4.98 Å². The zero-order valence-corrected chi connectivity index (χ0v) is 16.2. The van der Waals surface area contributed by atoms with Gasteiger partial charge in [-0.15, -0.1) is 11.3 Å². The predicted octanol–water partition coefficient (Wildman–Crippen LogP) is 7.40. The van der Waals surface area contributed by atoms with Crippen molar-refractivity contribution < 1.29 is 0 Å². The van der Waals surface area contributed by atoms with Gasteiger partial charge in [0.1, 0.15) is 0 Å². The fraction of sp³-hybridized carbons (Fsp3) is 0.0800. The summed E-state index contributed by atoms with van der Waals surface area (Å²) in [5, 5.41) is 2.67. The van der Waals surface area contributed by atoms with Gasteiger partial charge in [0.05, 0.1) is 5.69 Å². The first kappa shape index (κ1) is 16.2. The summed E-state index contributed by atoms with van der Waals surface area (Å²) in [5.41, 5.74) is 7.33. The molecule has 2 heterocycles. The molecule has 2 heteroatoms. The minimum absolute atomic E-state index is 1.05. The standard InChI is InChI=1S/C25H19NS/c1-16-11-12-21-20-10-6-7-17(2)24(20)27-25(21)23(16)22-15-19(13-14-26-22)18-8-4-3-5-9-18/h3-15H,1-2H3. The minimum atomic E-state index is 1.05. The summed E-state index contributed by atoms with van der Waals surface area (Å²) in [6.45, 7) is 4.38. The SMILES string of the molecule is Cc1ccc2c(sc3c(C)cccc32)c1-c1cc(-c2ccccc2)ccn1. The molecule has 130 valence electrons. The van der Waals surface area contributed by atoms with Gasteiger partial charge in [-0.05, 0) is 48.2 Å². The van der Waals surface area contributed by atoms with Gasteiger partial charge in [-0.25, -0.2) is 0 Å². The van der Waals surface area contributed by atoms with Crippen LogP contribution >= 0.6 is 11.3 Å². The number of aromatic nitrogens is 1. The van der Waals surface area contributed by atoms with E-state index in [1.54, 1.807) is 0 Å². The number of nitrogens with zero attached hydrogens (tertiary/aromatic N) is 1. The van der Waals surface area contributed by atoms with Gasteiger partial charge in [0.2, 0.25) is 0 Å². The highest BCUT2D eigenvalue weighted by Gasteiger charge is 2.15. The normalized spacial score (nSPS) is 11.3. The fourth-order valence-electron chi connectivity index (χ4n) is 3.80. The second-order valence-corrected chi connectivity index (χ2v) is 8.00. The molecule has 0 bridgehead atoms. The van der Waals surface area contributed by atoms with E-state index in [0.717, 1.165) is 5.69 Å². The molecule has 3 aromatic carbocycles. The lowest BCUT2D eigenvalue weighted by Gasteiger charge is -2.09. The van der Waals surface area contributed by atoms with Crippen molar-refractivity contribution in [3.8, 4) is 22.4 Å². The zero-order valence-electron chi connectivity index (χ0n) is 15.4. The molecule has 0 N–H and O–H groups in total. The van der Waals surface area contributed by atoms with Crippen molar-refractivity contribution in [2.24, 2.45) is 0 Å². The van der Waals surface area contributed by atoms with E-state index in [1.165, 1.54) is 48.0 Å². The number of aryl methyl sites for hydroxylation is 2. The van der Waals surface area contributed by atoms with Gasteiger partial charge < -0.3 is 0 Å². The number of benzene rings is 3. The summed E-state index contributed by atoms with van der Waals surface area (Å²) >= 11 is 1.89. The number of hydrogen-bond donors (Lipinski definition) is 0. The highest BCUT2D eigenvalue weighted by Crippen LogP contribution is 2.42. The number of fused-ring (bicyclic) bond motifs is 3. The molecular weight excluding hydrogens is 346 g/mol. The molecule has 0 aliphatic carbocycles. The number of pyridine rings is 1. The van der Waals surface area contributed by atoms with Crippen LogP contribution in [0.5, 0.6) is 0 Å². The average Bonchev–Trinajstić information content (AvgIpc) is 3.09. The molecule has 27 heavy (non-hydrogen) atoms. The molecule has 0 fully saturated rings. The van der Waals surface area contributed by atoms with E-state index < -0.39 is 0 Å². The lowest BCUT2D eigenvalue weighted by atomic mass is 9.98. The van der Waals surface area contributed by atoms with Crippen molar-refractivity contribution in [1.82, 2.24) is 4.98 Å². The second kappa shape index (κ2) is 6.33. The Morgan fingerprint density at radius 1 is 0.667 bits per heavy atom. The van der Waals surface area contributed by atoms with E-state index in [-0.39, 0.29) is 0 Å². The third-order valence-corrected chi connectivity index (χ3v) is 6.57. The van der Waals surface area contributed by atoms with Crippen molar-refractivity contribution in [2.75, 3.05) is 0 Å². The monoisotopic (exact) mass is 365 g/mol. The van der Waals surface area contributed by atoms with Crippen LogP contribution in [0.25, 0.3) is 42.6 Å². The van der Waals surface area contributed by atoms with Crippen LogP contribution in [0.1, 0.15) is 11.1 Å². The second-order valence-electron chi connectivity index (χ2n) is 6.98. The van der Waals surface area contributed by atoms with Crippen molar-refractivity contribution in [2.45, 2.75) is 13.8 Å². The highest BCUT2D eigenvalue weighted by atomic mass is 32.1. The van der Waals surface area contributed by atoms with E-state index in [0.29, 0.717) is 0 Å². The molecule has 0 saturated carbocycles. The van der Waals surface area contributed by atoms with Crippen molar-refractivity contribution >= 4 is 31.5 Å². The molecule has 2 aromatic heterocycles. The Hall–Kier alpha value is -2.97. The van der Waals surface area contributed by atoms with Gasteiger partial charge in [-0.1, -0.05) is 60.7 Å². The maximum Gasteiger partial charge on any atom is 0.0725 e. The molecule has 0 atom stereocenters. The van der Waals surface area contributed by atoms with Crippen LogP contribution in [-0.2, 0) is 0 Å². The summed E-state index contributed by atoms with van der Waals surface area (Å²) in [6, 6.07) is 25.9. The molecule has 0 amide bonds. The molecular formula is C25H19NS. The van der Waals surface area contributed by atoms with Gasteiger partial charge in [-0.3, -0.25) is 4.98 Å². The lowest BCUT2D eigenvalue weighted by Crippen LogP contribution is -1.89. The molecule has 5 rings (SSSR count). The van der Waals surface area contributed by atoms with Crippen LogP contribution in [0.4, 0.5) is 0 Å². The summed E-state index contributed by atoms with van der Waals surface area (Å²) in [4.78, 5) is 4.75. The number of rotatable bonds is 2. The Kier molecular flexibility index (Phi) is 3.80. The first-order chi connectivity index (χ1) is 13.2. The van der Waals surface area contributed by atoms with E-state index in [1.807, 2.05) is 17.5 Å². The molecule has 0 unspecified atom stereocenters. The third kappa shape index (κ3) is 2.65. The minimum Gasteiger partial charge on any atom is -0.256 e. The third-order valence-electron chi connectivity index (χ3n) is 5.20. The Labute approximate surface area is 162 Å². The smallest absolute Gasteiger partial charge is 0.0725 e. The summed E-state index contributed by atoms with van der Waals surface area (Å²) in [5.74, 6) is 0. The summed E-state index contributed by atoms with van der Waals surface area (Å²) in [7, 11) is 0. The lowest BCUT2D eigenvalue weighted by molar-refractivity contribution is 1.32. The maximum absolute atomic E-state index is 4.75. The van der Waals surface area contributed by atoms with Crippen molar-refractivity contribution in [1.29, 1.82) is 0 Å². The zero-order chi connectivity index (χ0) is 18.4. The van der Waals surface area contributed by atoms with Crippen LogP contribution < -0.4 is 0 Å². The molecule has 0 spiro atoms. The van der Waals surface area contributed by atoms with E-state index >= 15 is 0 Å². The summed E-state index contributed by atoms with van der Waals surface area (Å²) in [6.07, 6.45) is 1.93. The molecule has 0 aliphatic heterocycles. The summed E-state index contributed by atoms with van der Waals surface area (Å²) < 4.78 is 2.70. The van der Waals surface area contributed by atoms with Gasteiger partial charge in [0.15, 0.2) is 0 Å². The molecule has 0 saturated heterocycles. The Bertz CT molecular complexity index is 1280. The van der Waals surface area contributed by atoms with Gasteiger partial charge in [-0.2, -0.15) is 0 Å². The van der Waals surface area contributed by atoms with Crippen molar-refractivity contribution in [3.63, 3.8) is 0 Å². The van der Waals surface area contributed by atoms with Gasteiger partial charge in [0, 0.05) is 31.9 Å². The number of hydrogen-bond acceptors (Lipinski definition) is 2. The maximum atomic E-state index is 4.75. The largest absolute Gasteiger partial charge is 0.256 e. The predicted molar refractivity (Wildman–Crippen MR) is 117 cm³/mol. The van der Waals surface area contributed by atoms with Crippen molar-refractivity contribution in [3.05, 3.63) is 90.1 Å². The Morgan fingerprint density at radius 3 is 2.33 bits per heavy atom. The van der Waals surface area contributed by atoms with Gasteiger partial charge >= 0.3 is 0 Å². The quantitative estimate of drug-likeness (QED) is 0.317. The van der Waals surface area contributed by atoms with E-state index in [4.69, 9.17) is 4.98 Å². The topological polar surface area (TPSA) is 12.9 Å². The Balaban J connectivity index is 1.79. The number of thiophene rings is 1. The molecule has 0 aliphatic rings. The van der Waals surface area contributed by atoms with Crippen LogP contribution in [0.3, 0.4) is 0 Å². The molecule has 0 radical (unpaired) electrons. The fourth-order valence-corrected chi connectivity index (χ4v) is 5.17. The van der Waals surface area contributed by atoms with Crippen LogP contribution in [0.2, 0.25) is 0 Å². The van der Waals surface area contributed by atoms with Gasteiger partial charge in [0.25, 0.3) is 0 Å². The first-order valence-electron chi connectivity index (χ1n) is 9.15. The molecule has 5 aromatic rings. The van der Waals surface area contributed by atoms with E-state index in [9.17, 15) is 0 Å². The molecule has 1 nitrogen and oxygen atoms in total. The van der Waals surface area contributed by atoms with E-state index in [2.05, 4.69) is 86.6 Å². The average molecular weight is 366 g/mol.